The van der Waals surface area contributed by atoms with E-state index < -0.39 is 0 Å². The molecular formula is C17H21N5OS. The quantitative estimate of drug-likeness (QED) is 0.873. The van der Waals surface area contributed by atoms with Gasteiger partial charge in [-0.05, 0) is 43.4 Å². The number of amides is 2. The molecule has 2 N–H and O–H groups in total. The molecule has 1 saturated heterocycles. The van der Waals surface area contributed by atoms with Crippen LogP contribution in [-0.4, -0.2) is 29.3 Å². The molecule has 2 aliphatic rings. The van der Waals surface area contributed by atoms with E-state index in [0.717, 1.165) is 23.7 Å². The van der Waals surface area contributed by atoms with Crippen LogP contribution in [0.2, 0.25) is 0 Å². The number of anilines is 2. The van der Waals surface area contributed by atoms with Gasteiger partial charge in [0.15, 0.2) is 0 Å². The van der Waals surface area contributed by atoms with E-state index in [1.54, 1.807) is 0 Å². The highest BCUT2D eigenvalue weighted by atomic mass is 32.1. The zero-order valence-corrected chi connectivity index (χ0v) is 14.3. The van der Waals surface area contributed by atoms with Crippen LogP contribution in [0.15, 0.2) is 24.3 Å². The predicted octanol–water partition coefficient (Wildman–Crippen LogP) is 3.34. The van der Waals surface area contributed by atoms with Gasteiger partial charge in [-0.2, -0.15) is 0 Å². The lowest BCUT2D eigenvalue weighted by Crippen LogP contribution is -2.28. The molecule has 1 aliphatic heterocycles. The number of nitrogens with zero attached hydrogens (tertiary/aromatic N) is 3. The summed E-state index contributed by atoms with van der Waals surface area (Å²) in [7, 11) is 0. The standard InChI is InChI=1S/C17H21N5OS/c23-16(19-17-21-20-15(24-17)13-5-6-13)18-11-12-3-7-14(8-4-12)22-9-1-2-10-22/h3-4,7-8,13H,1-2,5-6,9-11H2,(H2,18,19,21,23). The van der Waals surface area contributed by atoms with E-state index in [-0.39, 0.29) is 6.03 Å². The maximum atomic E-state index is 12.0. The molecule has 126 valence electrons. The van der Waals surface area contributed by atoms with Crippen LogP contribution in [0.3, 0.4) is 0 Å². The lowest BCUT2D eigenvalue weighted by molar-refractivity contribution is 0.251. The molecule has 0 unspecified atom stereocenters. The fraction of sp³-hybridized carbons (Fsp3) is 0.471. The average molecular weight is 343 g/mol. The van der Waals surface area contributed by atoms with Gasteiger partial charge in [0.25, 0.3) is 0 Å². The van der Waals surface area contributed by atoms with Crippen molar-refractivity contribution in [3.63, 3.8) is 0 Å². The molecule has 1 aromatic heterocycles. The summed E-state index contributed by atoms with van der Waals surface area (Å²) >= 11 is 1.47. The van der Waals surface area contributed by atoms with Crippen molar-refractivity contribution < 1.29 is 4.79 Å². The van der Waals surface area contributed by atoms with E-state index in [9.17, 15) is 4.79 Å². The summed E-state index contributed by atoms with van der Waals surface area (Å²) in [4.78, 5) is 14.4. The fourth-order valence-corrected chi connectivity index (χ4v) is 3.81. The first-order valence-electron chi connectivity index (χ1n) is 8.50. The van der Waals surface area contributed by atoms with E-state index in [4.69, 9.17) is 0 Å². The Labute approximate surface area is 145 Å². The van der Waals surface area contributed by atoms with Crippen LogP contribution in [0.5, 0.6) is 0 Å². The Hall–Kier alpha value is -2.15. The van der Waals surface area contributed by atoms with Gasteiger partial charge in [0.1, 0.15) is 5.01 Å². The third-order valence-electron chi connectivity index (χ3n) is 4.45. The highest BCUT2D eigenvalue weighted by molar-refractivity contribution is 7.15. The summed E-state index contributed by atoms with van der Waals surface area (Å²) in [5, 5.41) is 15.4. The molecule has 2 fully saturated rings. The van der Waals surface area contributed by atoms with Gasteiger partial charge in [-0.3, -0.25) is 5.32 Å². The van der Waals surface area contributed by atoms with Crippen molar-refractivity contribution in [2.24, 2.45) is 0 Å². The van der Waals surface area contributed by atoms with Crippen molar-refractivity contribution >= 4 is 28.2 Å². The van der Waals surface area contributed by atoms with Crippen LogP contribution >= 0.6 is 11.3 Å². The van der Waals surface area contributed by atoms with Gasteiger partial charge >= 0.3 is 6.03 Å². The molecule has 2 aromatic rings. The molecule has 2 heterocycles. The third kappa shape index (κ3) is 3.67. The van der Waals surface area contributed by atoms with Gasteiger partial charge in [-0.25, -0.2) is 4.79 Å². The number of aromatic nitrogens is 2. The molecule has 2 amide bonds. The molecule has 7 heteroatoms. The van der Waals surface area contributed by atoms with E-state index in [2.05, 4.69) is 50.0 Å². The number of hydrogen-bond acceptors (Lipinski definition) is 5. The van der Waals surface area contributed by atoms with Gasteiger partial charge in [0, 0.05) is 31.2 Å². The highest BCUT2D eigenvalue weighted by Gasteiger charge is 2.27. The number of rotatable bonds is 5. The van der Waals surface area contributed by atoms with Gasteiger partial charge in [0.05, 0.1) is 0 Å². The van der Waals surface area contributed by atoms with Crippen LogP contribution in [0.4, 0.5) is 15.6 Å². The molecule has 1 saturated carbocycles. The zero-order chi connectivity index (χ0) is 16.4. The zero-order valence-electron chi connectivity index (χ0n) is 13.5. The summed E-state index contributed by atoms with van der Waals surface area (Å²) in [6, 6.07) is 8.17. The lowest BCUT2D eigenvalue weighted by Gasteiger charge is -2.17. The van der Waals surface area contributed by atoms with E-state index in [1.807, 2.05) is 0 Å². The maximum absolute atomic E-state index is 12.0. The average Bonchev–Trinajstić information content (AvgIpc) is 3.10. The van der Waals surface area contributed by atoms with Crippen LogP contribution in [0.1, 0.15) is 42.2 Å². The topological polar surface area (TPSA) is 70.2 Å². The minimum absolute atomic E-state index is 0.239. The van der Waals surface area contributed by atoms with Crippen molar-refractivity contribution in [1.82, 2.24) is 15.5 Å². The lowest BCUT2D eigenvalue weighted by atomic mass is 10.2. The number of carbonyl (C=O) groups excluding carboxylic acids is 1. The Bertz CT molecular complexity index is 704. The molecule has 1 aromatic carbocycles. The number of benzene rings is 1. The fourth-order valence-electron chi connectivity index (χ4n) is 2.90. The van der Waals surface area contributed by atoms with Gasteiger partial charge in [-0.15, -0.1) is 10.2 Å². The van der Waals surface area contributed by atoms with Gasteiger partial charge in [0.2, 0.25) is 5.13 Å². The third-order valence-corrected chi connectivity index (χ3v) is 5.45. The second kappa shape index (κ2) is 6.76. The van der Waals surface area contributed by atoms with Crippen molar-refractivity contribution in [3.05, 3.63) is 34.8 Å². The number of urea groups is 1. The normalized spacial score (nSPS) is 17.1. The molecule has 0 radical (unpaired) electrons. The minimum atomic E-state index is -0.239. The number of carbonyl (C=O) groups is 1. The Balaban J connectivity index is 1.26. The Morgan fingerprint density at radius 2 is 1.92 bits per heavy atom. The van der Waals surface area contributed by atoms with E-state index in [0.29, 0.717) is 17.6 Å². The first-order chi connectivity index (χ1) is 11.8. The molecule has 6 nitrogen and oxygen atoms in total. The molecule has 1 aliphatic carbocycles. The van der Waals surface area contributed by atoms with Crippen LogP contribution < -0.4 is 15.5 Å². The first kappa shape index (κ1) is 15.4. The minimum Gasteiger partial charge on any atom is -0.372 e. The van der Waals surface area contributed by atoms with Gasteiger partial charge < -0.3 is 10.2 Å². The SMILES string of the molecule is O=C(NCc1ccc(N2CCCC2)cc1)Nc1nnc(C2CC2)s1. The number of hydrogen-bond donors (Lipinski definition) is 2. The maximum Gasteiger partial charge on any atom is 0.321 e. The second-order valence-corrected chi connectivity index (χ2v) is 7.40. The van der Waals surface area contributed by atoms with Gasteiger partial charge in [-0.1, -0.05) is 23.5 Å². The van der Waals surface area contributed by atoms with Crippen molar-refractivity contribution in [1.29, 1.82) is 0 Å². The highest BCUT2D eigenvalue weighted by Crippen LogP contribution is 2.41. The van der Waals surface area contributed by atoms with Crippen molar-refractivity contribution in [2.45, 2.75) is 38.1 Å². The molecular weight excluding hydrogens is 322 g/mol. The van der Waals surface area contributed by atoms with E-state index in [1.165, 1.54) is 42.7 Å². The monoisotopic (exact) mass is 343 g/mol. The Morgan fingerprint density at radius 3 is 2.62 bits per heavy atom. The number of nitrogens with one attached hydrogen (secondary N) is 2. The first-order valence-corrected chi connectivity index (χ1v) is 9.32. The van der Waals surface area contributed by atoms with Crippen molar-refractivity contribution in [3.8, 4) is 0 Å². The summed E-state index contributed by atoms with van der Waals surface area (Å²) in [5.41, 5.74) is 2.35. The summed E-state index contributed by atoms with van der Waals surface area (Å²) in [5.74, 6) is 0.565. The van der Waals surface area contributed by atoms with Crippen LogP contribution in [0, 0.1) is 0 Å². The van der Waals surface area contributed by atoms with Crippen molar-refractivity contribution in [2.75, 3.05) is 23.3 Å². The molecule has 0 spiro atoms. The largest absolute Gasteiger partial charge is 0.372 e. The second-order valence-electron chi connectivity index (χ2n) is 6.39. The van der Waals surface area contributed by atoms with Crippen LogP contribution in [0.25, 0.3) is 0 Å². The predicted molar refractivity (Wildman–Crippen MR) is 95.6 cm³/mol. The summed E-state index contributed by atoms with van der Waals surface area (Å²) in [6.45, 7) is 2.79. The summed E-state index contributed by atoms with van der Waals surface area (Å²) < 4.78 is 0. The van der Waals surface area contributed by atoms with E-state index >= 15 is 0 Å². The molecule has 4 rings (SSSR count). The molecule has 0 bridgehead atoms. The smallest absolute Gasteiger partial charge is 0.321 e. The molecule has 24 heavy (non-hydrogen) atoms. The summed E-state index contributed by atoms with van der Waals surface area (Å²) in [6.07, 6.45) is 4.93. The Kier molecular flexibility index (Phi) is 4.34. The van der Waals surface area contributed by atoms with Crippen LogP contribution in [-0.2, 0) is 6.54 Å². The molecule has 0 atom stereocenters. The Morgan fingerprint density at radius 1 is 1.17 bits per heavy atom.